The number of nitrogens with zero attached hydrogens (tertiary/aromatic N) is 1. The first kappa shape index (κ1) is 24.0. The first-order chi connectivity index (χ1) is 16.8. The largest absolute Gasteiger partial charge is 0.456 e. The summed E-state index contributed by atoms with van der Waals surface area (Å²) in [6, 6.07) is 16.3. The van der Waals surface area contributed by atoms with Gasteiger partial charge in [0.05, 0.1) is 17.0 Å². The fraction of sp³-hybridized carbons (Fsp3) is 0.250. The Bertz CT molecular complexity index is 1310. The van der Waals surface area contributed by atoms with Crippen LogP contribution in [0.15, 0.2) is 82.5 Å². The molecule has 0 spiro atoms. The molecule has 0 saturated carbocycles. The van der Waals surface area contributed by atoms with E-state index in [-0.39, 0.29) is 11.1 Å². The number of benzene rings is 2. The lowest BCUT2D eigenvalue weighted by Gasteiger charge is -2.26. The van der Waals surface area contributed by atoms with Crippen LogP contribution >= 0.6 is 0 Å². The highest BCUT2D eigenvalue weighted by Crippen LogP contribution is 2.44. The van der Waals surface area contributed by atoms with Gasteiger partial charge in [-0.15, -0.1) is 0 Å². The van der Waals surface area contributed by atoms with Crippen molar-refractivity contribution in [2.45, 2.75) is 18.2 Å². The number of halogens is 2. The topological polar surface area (TPSA) is 117 Å². The van der Waals surface area contributed by atoms with E-state index in [1.165, 1.54) is 24.3 Å². The Morgan fingerprint density at radius 1 is 0.971 bits per heavy atom. The Morgan fingerprint density at radius 3 is 2.14 bits per heavy atom. The second-order valence-electron chi connectivity index (χ2n) is 7.76. The Balaban J connectivity index is 1.66. The number of hydrogen-bond acceptors (Lipinski definition) is 7. The number of nitrogens with one attached hydrogen (secondary N) is 1. The maximum Gasteiger partial charge on any atom is 0.338 e. The molecule has 0 bridgehead atoms. The van der Waals surface area contributed by atoms with Gasteiger partial charge in [0.15, 0.2) is 18.9 Å². The summed E-state index contributed by atoms with van der Waals surface area (Å²) in [6.07, 6.45) is -2.50. The lowest BCUT2D eigenvalue weighted by atomic mass is 9.99. The summed E-state index contributed by atoms with van der Waals surface area (Å²) >= 11 is 0. The molecule has 35 heavy (non-hydrogen) atoms. The van der Waals surface area contributed by atoms with Gasteiger partial charge in [-0.2, -0.15) is 0 Å². The molecular formula is C24H20F2N2O7. The van der Waals surface area contributed by atoms with Crippen LogP contribution in [0.1, 0.15) is 26.9 Å². The van der Waals surface area contributed by atoms with E-state index in [1.807, 2.05) is 4.98 Å². The number of aromatic nitrogens is 2. The van der Waals surface area contributed by atoms with Crippen LogP contribution < -0.4 is 11.2 Å². The van der Waals surface area contributed by atoms with Crippen LogP contribution in [0.2, 0.25) is 0 Å². The monoisotopic (exact) mass is 486 g/mol. The Hall–Kier alpha value is -4.12. The predicted molar refractivity (Wildman–Crippen MR) is 117 cm³/mol. The molecule has 1 aliphatic heterocycles. The molecule has 4 atom stereocenters. The maximum absolute atomic E-state index is 16.2. The van der Waals surface area contributed by atoms with Gasteiger partial charge in [0.1, 0.15) is 6.67 Å². The summed E-state index contributed by atoms with van der Waals surface area (Å²) in [5.74, 6) is -6.37. The molecule has 2 aromatic carbocycles. The molecule has 0 amide bonds. The molecule has 1 aromatic heterocycles. The summed E-state index contributed by atoms with van der Waals surface area (Å²) in [5, 5.41) is 0. The van der Waals surface area contributed by atoms with Gasteiger partial charge in [0.25, 0.3) is 11.4 Å². The van der Waals surface area contributed by atoms with Crippen molar-refractivity contribution in [3.63, 3.8) is 0 Å². The molecule has 1 N–H and O–H groups in total. The van der Waals surface area contributed by atoms with E-state index in [0.29, 0.717) is 0 Å². The van der Waals surface area contributed by atoms with Crippen LogP contribution in [0, 0.1) is 5.92 Å². The number of carbonyl (C=O) groups excluding carboxylic acids is 2. The Kier molecular flexibility index (Phi) is 6.87. The van der Waals surface area contributed by atoms with Crippen molar-refractivity contribution < 1.29 is 32.6 Å². The van der Waals surface area contributed by atoms with Crippen LogP contribution in [-0.4, -0.2) is 46.7 Å². The third kappa shape index (κ3) is 5.04. The minimum absolute atomic E-state index is 0.0680. The molecule has 9 nitrogen and oxygen atoms in total. The van der Waals surface area contributed by atoms with E-state index < -0.39 is 60.6 Å². The standard InChI is InChI=1S/C24H20F2N2O7/c25-13-17-19(34-22(31)16-9-5-2-6-10-16)24(26,14-33-21(30)15-7-3-1-4-8-15)35-20(17)28-12-11-18(29)27-23(28)32/h1-12,17,19-20H,13-14H2,(H,27,29,32)/t17-,19-,20+,24+/m0/s1. The molecule has 3 aromatic rings. The Labute approximate surface area is 196 Å². The zero-order valence-electron chi connectivity index (χ0n) is 18.1. The molecule has 1 saturated heterocycles. The quantitative estimate of drug-likeness (QED) is 0.510. The number of hydrogen-bond donors (Lipinski definition) is 1. The second kappa shape index (κ2) is 10.0. The molecule has 182 valence electrons. The lowest BCUT2D eigenvalue weighted by Crippen LogP contribution is -2.45. The van der Waals surface area contributed by atoms with Crippen molar-refractivity contribution in [2.75, 3.05) is 13.3 Å². The average molecular weight is 486 g/mol. The van der Waals surface area contributed by atoms with Crippen LogP contribution in [0.5, 0.6) is 0 Å². The van der Waals surface area contributed by atoms with Crippen molar-refractivity contribution in [2.24, 2.45) is 5.92 Å². The Morgan fingerprint density at radius 2 is 1.57 bits per heavy atom. The van der Waals surface area contributed by atoms with Crippen LogP contribution in [0.25, 0.3) is 0 Å². The summed E-state index contributed by atoms with van der Waals surface area (Å²) < 4.78 is 46.9. The van der Waals surface area contributed by atoms with Gasteiger partial charge in [0.2, 0.25) is 0 Å². The molecule has 11 heteroatoms. The van der Waals surface area contributed by atoms with Gasteiger partial charge in [-0.25, -0.2) is 18.8 Å². The molecule has 0 aliphatic carbocycles. The van der Waals surface area contributed by atoms with Gasteiger partial charge in [-0.05, 0) is 24.3 Å². The minimum atomic E-state index is -3.01. The molecule has 0 unspecified atom stereocenters. The van der Waals surface area contributed by atoms with E-state index in [0.717, 1.165) is 16.8 Å². The first-order valence-electron chi connectivity index (χ1n) is 10.5. The number of aromatic amines is 1. The fourth-order valence-electron chi connectivity index (χ4n) is 3.74. The zero-order chi connectivity index (χ0) is 25.0. The van der Waals surface area contributed by atoms with E-state index >= 15 is 4.39 Å². The van der Waals surface area contributed by atoms with E-state index in [4.69, 9.17) is 14.2 Å². The van der Waals surface area contributed by atoms with Crippen LogP contribution in [-0.2, 0) is 14.2 Å². The SMILES string of the molecule is O=C(OC[C@@]1(F)O[C@@H](n2ccc(=O)[nH]c2=O)[C@@H](CF)[C@@H]1OC(=O)c1ccccc1)c1ccccc1. The summed E-state index contributed by atoms with van der Waals surface area (Å²) in [4.78, 5) is 50.7. The van der Waals surface area contributed by atoms with Crippen molar-refractivity contribution in [3.8, 4) is 0 Å². The second-order valence-corrected chi connectivity index (χ2v) is 7.76. The summed E-state index contributed by atoms with van der Waals surface area (Å²) in [5.41, 5.74) is -1.52. The number of H-pyrrole nitrogens is 1. The average Bonchev–Trinajstić information content (AvgIpc) is 3.14. The van der Waals surface area contributed by atoms with E-state index in [2.05, 4.69) is 0 Å². The number of ether oxygens (including phenoxy) is 3. The minimum Gasteiger partial charge on any atom is -0.456 e. The number of carbonyl (C=O) groups is 2. The van der Waals surface area contributed by atoms with Crippen LogP contribution in [0.4, 0.5) is 8.78 Å². The maximum atomic E-state index is 16.2. The smallest absolute Gasteiger partial charge is 0.338 e. The summed E-state index contributed by atoms with van der Waals surface area (Å²) in [6.45, 7) is -2.32. The third-order valence-corrected chi connectivity index (χ3v) is 5.45. The molecule has 1 aliphatic rings. The fourth-order valence-corrected chi connectivity index (χ4v) is 3.74. The van der Waals surface area contributed by atoms with Crippen molar-refractivity contribution in [1.82, 2.24) is 9.55 Å². The molecule has 4 rings (SSSR count). The molecular weight excluding hydrogens is 466 g/mol. The van der Waals surface area contributed by atoms with Gasteiger partial charge >= 0.3 is 17.6 Å². The molecule has 1 fully saturated rings. The zero-order valence-corrected chi connectivity index (χ0v) is 18.1. The first-order valence-corrected chi connectivity index (χ1v) is 10.5. The van der Waals surface area contributed by atoms with E-state index in [9.17, 15) is 23.6 Å². The van der Waals surface area contributed by atoms with Gasteiger partial charge < -0.3 is 14.2 Å². The van der Waals surface area contributed by atoms with E-state index in [1.54, 1.807) is 36.4 Å². The lowest BCUT2D eigenvalue weighted by molar-refractivity contribution is -0.208. The third-order valence-electron chi connectivity index (χ3n) is 5.45. The van der Waals surface area contributed by atoms with Crippen molar-refractivity contribution >= 4 is 11.9 Å². The number of esters is 2. The van der Waals surface area contributed by atoms with Crippen molar-refractivity contribution in [3.05, 3.63) is 105 Å². The highest BCUT2D eigenvalue weighted by molar-refractivity contribution is 5.90. The highest BCUT2D eigenvalue weighted by atomic mass is 19.2. The number of alkyl halides is 2. The normalized spacial score (nSPS) is 23.5. The van der Waals surface area contributed by atoms with Crippen molar-refractivity contribution in [1.29, 1.82) is 0 Å². The highest BCUT2D eigenvalue weighted by Gasteiger charge is 2.60. The van der Waals surface area contributed by atoms with Gasteiger partial charge in [-0.1, -0.05) is 36.4 Å². The van der Waals surface area contributed by atoms with Gasteiger partial charge in [0, 0.05) is 12.3 Å². The van der Waals surface area contributed by atoms with Gasteiger partial charge in [-0.3, -0.25) is 18.7 Å². The summed E-state index contributed by atoms with van der Waals surface area (Å²) in [7, 11) is 0. The predicted octanol–water partition coefficient (Wildman–Crippen LogP) is 2.40. The van der Waals surface area contributed by atoms with Crippen LogP contribution in [0.3, 0.4) is 0 Å². The molecule has 2 heterocycles. The number of rotatable bonds is 7. The molecule has 0 radical (unpaired) electrons.